The second-order valence-corrected chi connectivity index (χ2v) is 5.28. The van der Waals surface area contributed by atoms with Crippen LogP contribution in [0, 0.1) is 5.82 Å². The molecule has 0 aliphatic rings. The lowest BCUT2D eigenvalue weighted by molar-refractivity contribution is 0.0949. The van der Waals surface area contributed by atoms with E-state index >= 15 is 0 Å². The van der Waals surface area contributed by atoms with Gasteiger partial charge in [0, 0.05) is 18.6 Å². The smallest absolute Gasteiger partial charge is 0.255 e. The SMILES string of the molecule is COc1ccc(F)cc1C(=O)NCCNC(C)(C)C. The minimum absolute atomic E-state index is 0.00126. The van der Waals surface area contributed by atoms with E-state index in [0.717, 1.165) is 0 Å². The van der Waals surface area contributed by atoms with E-state index in [0.29, 0.717) is 18.8 Å². The van der Waals surface area contributed by atoms with Crippen LogP contribution >= 0.6 is 0 Å². The number of nitrogens with one attached hydrogen (secondary N) is 2. The minimum Gasteiger partial charge on any atom is -0.496 e. The number of ether oxygens (including phenoxy) is 1. The molecule has 1 amide bonds. The van der Waals surface area contributed by atoms with Crippen LogP contribution in [0.3, 0.4) is 0 Å². The lowest BCUT2D eigenvalue weighted by Crippen LogP contribution is -2.41. The van der Waals surface area contributed by atoms with Crippen LogP contribution in [0.1, 0.15) is 31.1 Å². The highest BCUT2D eigenvalue weighted by Gasteiger charge is 2.13. The van der Waals surface area contributed by atoms with Crippen molar-refractivity contribution in [3.63, 3.8) is 0 Å². The highest BCUT2D eigenvalue weighted by atomic mass is 19.1. The van der Waals surface area contributed by atoms with Gasteiger partial charge in [0.1, 0.15) is 11.6 Å². The zero-order valence-corrected chi connectivity index (χ0v) is 11.8. The van der Waals surface area contributed by atoms with Crippen molar-refractivity contribution >= 4 is 5.91 Å². The Balaban J connectivity index is 2.56. The Hall–Kier alpha value is -1.62. The third-order valence-electron chi connectivity index (χ3n) is 2.47. The van der Waals surface area contributed by atoms with E-state index in [1.807, 2.05) is 20.8 Å². The molecule has 0 aliphatic carbocycles. The van der Waals surface area contributed by atoms with Crippen molar-refractivity contribution in [3.8, 4) is 5.75 Å². The van der Waals surface area contributed by atoms with Gasteiger partial charge >= 0.3 is 0 Å². The summed E-state index contributed by atoms with van der Waals surface area (Å²) in [4.78, 5) is 11.9. The largest absolute Gasteiger partial charge is 0.496 e. The number of carbonyl (C=O) groups excluding carboxylic acids is 1. The molecule has 0 saturated carbocycles. The maximum Gasteiger partial charge on any atom is 0.255 e. The number of amides is 1. The van der Waals surface area contributed by atoms with Crippen molar-refractivity contribution < 1.29 is 13.9 Å². The molecule has 1 rings (SSSR count). The number of hydrogen-bond donors (Lipinski definition) is 2. The van der Waals surface area contributed by atoms with Gasteiger partial charge in [-0.1, -0.05) is 0 Å². The number of halogens is 1. The number of benzene rings is 1. The van der Waals surface area contributed by atoms with Crippen molar-refractivity contribution in [2.24, 2.45) is 0 Å². The summed E-state index contributed by atoms with van der Waals surface area (Å²) in [6.07, 6.45) is 0. The molecule has 2 N–H and O–H groups in total. The molecule has 4 nitrogen and oxygen atoms in total. The van der Waals surface area contributed by atoms with Crippen LogP contribution < -0.4 is 15.4 Å². The maximum atomic E-state index is 13.1. The summed E-state index contributed by atoms with van der Waals surface area (Å²) in [7, 11) is 1.45. The average Bonchev–Trinajstić information content (AvgIpc) is 2.33. The second-order valence-electron chi connectivity index (χ2n) is 5.28. The zero-order chi connectivity index (χ0) is 14.5. The molecule has 0 spiro atoms. The Morgan fingerprint density at radius 1 is 1.32 bits per heavy atom. The number of hydrogen-bond acceptors (Lipinski definition) is 3. The second kappa shape index (κ2) is 6.52. The molecule has 0 atom stereocenters. The number of rotatable bonds is 5. The lowest BCUT2D eigenvalue weighted by atomic mass is 10.1. The molecule has 0 aromatic heterocycles. The topological polar surface area (TPSA) is 50.4 Å². The molecule has 0 heterocycles. The predicted molar refractivity (Wildman–Crippen MR) is 73.0 cm³/mol. The van der Waals surface area contributed by atoms with Gasteiger partial charge in [-0.2, -0.15) is 0 Å². The summed E-state index contributed by atoms with van der Waals surface area (Å²) >= 11 is 0. The van der Waals surface area contributed by atoms with Gasteiger partial charge < -0.3 is 15.4 Å². The molecule has 0 unspecified atom stereocenters. The third-order valence-corrected chi connectivity index (χ3v) is 2.47. The molecule has 19 heavy (non-hydrogen) atoms. The molecule has 0 saturated heterocycles. The van der Waals surface area contributed by atoms with Gasteiger partial charge in [0.05, 0.1) is 12.7 Å². The van der Waals surface area contributed by atoms with Crippen LogP contribution in [0.2, 0.25) is 0 Å². The minimum atomic E-state index is -0.459. The Morgan fingerprint density at radius 3 is 2.58 bits per heavy atom. The molecule has 0 aliphatic heterocycles. The van der Waals surface area contributed by atoms with E-state index < -0.39 is 5.82 Å². The molecule has 0 fully saturated rings. The van der Waals surface area contributed by atoms with Crippen LogP contribution in [0.25, 0.3) is 0 Å². The first kappa shape index (κ1) is 15.4. The summed E-state index contributed by atoms with van der Waals surface area (Å²) in [5.41, 5.74) is 0.208. The Bertz CT molecular complexity index is 442. The number of methoxy groups -OCH3 is 1. The molecular weight excluding hydrogens is 247 g/mol. The summed E-state index contributed by atoms with van der Waals surface area (Å²) < 4.78 is 18.2. The molecule has 0 bridgehead atoms. The Morgan fingerprint density at radius 2 is 2.00 bits per heavy atom. The van der Waals surface area contributed by atoms with Gasteiger partial charge in [-0.15, -0.1) is 0 Å². The van der Waals surface area contributed by atoms with Crippen LogP contribution in [0.5, 0.6) is 5.75 Å². The summed E-state index contributed by atoms with van der Waals surface area (Å²) in [6.45, 7) is 7.25. The Labute approximate surface area is 113 Å². The molecule has 0 radical (unpaired) electrons. The van der Waals surface area contributed by atoms with E-state index in [-0.39, 0.29) is 17.0 Å². The first-order valence-corrected chi connectivity index (χ1v) is 6.20. The van der Waals surface area contributed by atoms with Gasteiger partial charge in [-0.25, -0.2) is 4.39 Å². The van der Waals surface area contributed by atoms with Gasteiger partial charge in [-0.3, -0.25) is 4.79 Å². The van der Waals surface area contributed by atoms with Crippen LogP contribution in [-0.2, 0) is 0 Å². The third kappa shape index (κ3) is 5.26. The van der Waals surface area contributed by atoms with E-state index in [1.54, 1.807) is 0 Å². The summed E-state index contributed by atoms with van der Waals surface area (Å²) in [5, 5.41) is 5.97. The van der Waals surface area contributed by atoms with E-state index in [9.17, 15) is 9.18 Å². The number of carbonyl (C=O) groups is 1. The normalized spacial score (nSPS) is 11.2. The standard InChI is InChI=1S/C14H21FN2O2/c1-14(2,3)17-8-7-16-13(18)11-9-10(15)5-6-12(11)19-4/h5-6,9,17H,7-8H2,1-4H3,(H,16,18). The highest BCUT2D eigenvalue weighted by Crippen LogP contribution is 2.18. The van der Waals surface area contributed by atoms with Crippen LogP contribution in [0.15, 0.2) is 18.2 Å². The van der Waals surface area contributed by atoms with E-state index in [2.05, 4.69) is 10.6 Å². The predicted octanol–water partition coefficient (Wildman–Crippen LogP) is 1.95. The summed E-state index contributed by atoms with van der Waals surface area (Å²) in [6, 6.07) is 3.87. The quantitative estimate of drug-likeness (QED) is 0.803. The molecule has 5 heteroatoms. The van der Waals surface area contributed by atoms with Crippen LogP contribution in [-0.4, -0.2) is 31.6 Å². The van der Waals surface area contributed by atoms with Crippen LogP contribution in [0.4, 0.5) is 4.39 Å². The van der Waals surface area contributed by atoms with Gasteiger partial charge in [0.25, 0.3) is 5.91 Å². The maximum absolute atomic E-state index is 13.1. The van der Waals surface area contributed by atoms with Gasteiger partial charge in [0.2, 0.25) is 0 Å². The molecular formula is C14H21FN2O2. The van der Waals surface area contributed by atoms with Crippen molar-refractivity contribution in [1.29, 1.82) is 0 Å². The fourth-order valence-electron chi connectivity index (χ4n) is 1.57. The van der Waals surface area contributed by atoms with E-state index in [4.69, 9.17) is 4.74 Å². The molecule has 106 valence electrons. The van der Waals surface area contributed by atoms with Gasteiger partial charge in [-0.05, 0) is 39.0 Å². The highest BCUT2D eigenvalue weighted by molar-refractivity contribution is 5.96. The van der Waals surface area contributed by atoms with E-state index in [1.165, 1.54) is 25.3 Å². The fourth-order valence-corrected chi connectivity index (χ4v) is 1.57. The van der Waals surface area contributed by atoms with Crippen molar-refractivity contribution in [2.45, 2.75) is 26.3 Å². The first-order chi connectivity index (χ1) is 8.83. The summed E-state index contributed by atoms with van der Waals surface area (Å²) in [5.74, 6) is -0.437. The first-order valence-electron chi connectivity index (χ1n) is 6.20. The molecule has 1 aromatic rings. The van der Waals surface area contributed by atoms with Crippen molar-refractivity contribution in [3.05, 3.63) is 29.6 Å². The zero-order valence-electron chi connectivity index (χ0n) is 11.8. The fraction of sp³-hybridized carbons (Fsp3) is 0.500. The Kier molecular flexibility index (Phi) is 5.30. The van der Waals surface area contributed by atoms with Gasteiger partial charge in [0.15, 0.2) is 0 Å². The average molecular weight is 268 g/mol. The van der Waals surface area contributed by atoms with Crippen molar-refractivity contribution in [1.82, 2.24) is 10.6 Å². The lowest BCUT2D eigenvalue weighted by Gasteiger charge is -2.20. The van der Waals surface area contributed by atoms with Crippen molar-refractivity contribution in [2.75, 3.05) is 20.2 Å². The molecule has 1 aromatic carbocycles. The monoisotopic (exact) mass is 268 g/mol.